The number of hydrogen-bond acceptors (Lipinski definition) is 3. The van der Waals surface area contributed by atoms with Gasteiger partial charge in [-0.15, -0.1) is 11.3 Å². The first-order chi connectivity index (χ1) is 7.25. The van der Waals surface area contributed by atoms with Gasteiger partial charge in [0.2, 0.25) is 0 Å². The van der Waals surface area contributed by atoms with Gasteiger partial charge in [-0.05, 0) is 53.2 Å². The molecule has 2 nitrogen and oxygen atoms in total. The van der Waals surface area contributed by atoms with Crippen LogP contribution in [0.5, 0.6) is 0 Å². The maximum atomic E-state index is 6.23. The van der Waals surface area contributed by atoms with Gasteiger partial charge in [-0.1, -0.05) is 0 Å². The fraction of sp³-hybridized carbons (Fsp3) is 0.636. The average Bonchev–Trinajstić information content (AvgIpc) is 2.65. The third kappa shape index (κ3) is 3.28. The van der Waals surface area contributed by atoms with E-state index in [0.29, 0.717) is 12.0 Å². The Morgan fingerprint density at radius 1 is 1.47 bits per heavy atom. The standard InChI is InChI=1S/C11H16BrNOS/c12-11-2-1-9(15-11)7-10(13)8-3-5-14-6-4-8/h1-2,8,10H,3-7,13H2. The van der Waals surface area contributed by atoms with E-state index in [4.69, 9.17) is 10.5 Å². The van der Waals surface area contributed by atoms with Gasteiger partial charge in [0.1, 0.15) is 0 Å². The second kappa shape index (κ2) is 5.43. The van der Waals surface area contributed by atoms with E-state index < -0.39 is 0 Å². The maximum absolute atomic E-state index is 6.23. The highest BCUT2D eigenvalue weighted by molar-refractivity contribution is 9.11. The Kier molecular flexibility index (Phi) is 4.20. The summed E-state index contributed by atoms with van der Waals surface area (Å²) in [6, 6.07) is 4.55. The molecule has 0 aliphatic carbocycles. The summed E-state index contributed by atoms with van der Waals surface area (Å²) in [5, 5.41) is 0. The van der Waals surface area contributed by atoms with Crippen LogP contribution in [0.1, 0.15) is 17.7 Å². The Labute approximate surface area is 103 Å². The molecule has 1 unspecified atom stereocenters. The Balaban J connectivity index is 1.88. The summed E-state index contributed by atoms with van der Waals surface area (Å²) in [6.45, 7) is 1.76. The highest BCUT2D eigenvalue weighted by Crippen LogP contribution is 2.26. The summed E-state index contributed by atoms with van der Waals surface area (Å²) < 4.78 is 6.54. The van der Waals surface area contributed by atoms with Crippen LogP contribution in [-0.4, -0.2) is 19.3 Å². The van der Waals surface area contributed by atoms with Crippen LogP contribution >= 0.6 is 27.3 Å². The molecule has 0 aromatic carbocycles. The highest BCUT2D eigenvalue weighted by atomic mass is 79.9. The fourth-order valence-electron chi connectivity index (χ4n) is 2.00. The van der Waals surface area contributed by atoms with Crippen LogP contribution in [0.25, 0.3) is 0 Å². The average molecular weight is 290 g/mol. The van der Waals surface area contributed by atoms with E-state index in [1.54, 1.807) is 11.3 Å². The van der Waals surface area contributed by atoms with Gasteiger partial charge in [0.15, 0.2) is 0 Å². The molecule has 1 atom stereocenters. The molecule has 1 aromatic rings. The van der Waals surface area contributed by atoms with Crippen LogP contribution < -0.4 is 5.73 Å². The van der Waals surface area contributed by atoms with E-state index in [1.165, 1.54) is 8.66 Å². The van der Waals surface area contributed by atoms with E-state index in [-0.39, 0.29) is 0 Å². The van der Waals surface area contributed by atoms with Crippen molar-refractivity contribution in [2.24, 2.45) is 11.7 Å². The van der Waals surface area contributed by atoms with Gasteiger partial charge in [-0.25, -0.2) is 0 Å². The van der Waals surface area contributed by atoms with E-state index in [2.05, 4.69) is 28.1 Å². The molecule has 15 heavy (non-hydrogen) atoms. The summed E-state index contributed by atoms with van der Waals surface area (Å²) in [5.41, 5.74) is 6.23. The van der Waals surface area contributed by atoms with Crippen molar-refractivity contribution in [3.63, 3.8) is 0 Å². The molecule has 0 radical (unpaired) electrons. The van der Waals surface area contributed by atoms with Gasteiger partial charge in [0.05, 0.1) is 3.79 Å². The van der Waals surface area contributed by atoms with Crippen molar-refractivity contribution in [1.29, 1.82) is 0 Å². The fourth-order valence-corrected chi connectivity index (χ4v) is 3.56. The number of hydrogen-bond donors (Lipinski definition) is 1. The van der Waals surface area contributed by atoms with Gasteiger partial charge >= 0.3 is 0 Å². The normalized spacial score (nSPS) is 20.4. The molecule has 1 aromatic heterocycles. The molecule has 84 valence electrons. The van der Waals surface area contributed by atoms with E-state index in [0.717, 1.165) is 32.5 Å². The molecule has 1 saturated heterocycles. The molecule has 0 bridgehead atoms. The third-order valence-electron chi connectivity index (χ3n) is 2.94. The molecule has 1 aliphatic rings. The third-order valence-corrected chi connectivity index (χ3v) is 4.58. The van der Waals surface area contributed by atoms with Crippen molar-refractivity contribution in [3.05, 3.63) is 20.8 Å². The Bertz CT molecular complexity index is 309. The zero-order valence-corrected chi connectivity index (χ0v) is 11.0. The summed E-state index contributed by atoms with van der Waals surface area (Å²) >= 11 is 5.26. The minimum atomic E-state index is 0.291. The first kappa shape index (κ1) is 11.6. The maximum Gasteiger partial charge on any atom is 0.0701 e. The van der Waals surface area contributed by atoms with Crippen LogP contribution in [0, 0.1) is 5.92 Å². The lowest BCUT2D eigenvalue weighted by Gasteiger charge is -2.27. The monoisotopic (exact) mass is 289 g/mol. The van der Waals surface area contributed by atoms with E-state index in [1.807, 2.05) is 0 Å². The van der Waals surface area contributed by atoms with Crippen molar-refractivity contribution in [1.82, 2.24) is 0 Å². The predicted octanol–water partition coefficient (Wildman–Crippen LogP) is 2.81. The number of ether oxygens (including phenoxy) is 1. The zero-order valence-electron chi connectivity index (χ0n) is 8.62. The largest absolute Gasteiger partial charge is 0.381 e. The lowest BCUT2D eigenvalue weighted by molar-refractivity contribution is 0.0585. The van der Waals surface area contributed by atoms with Gasteiger partial charge in [0, 0.05) is 24.1 Å². The van der Waals surface area contributed by atoms with Gasteiger partial charge in [0.25, 0.3) is 0 Å². The number of thiophene rings is 1. The van der Waals surface area contributed by atoms with Crippen molar-refractivity contribution < 1.29 is 4.74 Å². The molecule has 0 saturated carbocycles. The molecule has 2 rings (SSSR count). The minimum Gasteiger partial charge on any atom is -0.381 e. The van der Waals surface area contributed by atoms with Crippen LogP contribution in [0.2, 0.25) is 0 Å². The number of nitrogens with two attached hydrogens (primary N) is 1. The molecule has 1 aliphatic heterocycles. The molecule has 0 spiro atoms. The molecular formula is C11H16BrNOS. The Morgan fingerprint density at radius 3 is 2.80 bits per heavy atom. The zero-order chi connectivity index (χ0) is 10.7. The Morgan fingerprint density at radius 2 is 2.20 bits per heavy atom. The first-order valence-electron chi connectivity index (χ1n) is 5.33. The van der Waals surface area contributed by atoms with Gasteiger partial charge < -0.3 is 10.5 Å². The summed E-state index contributed by atoms with van der Waals surface area (Å²) in [7, 11) is 0. The molecule has 2 heterocycles. The van der Waals surface area contributed by atoms with Crippen LogP contribution in [-0.2, 0) is 11.2 Å². The topological polar surface area (TPSA) is 35.2 Å². The predicted molar refractivity (Wildman–Crippen MR) is 67.2 cm³/mol. The SMILES string of the molecule is NC(Cc1ccc(Br)s1)C1CCOCC1. The molecule has 2 N–H and O–H groups in total. The van der Waals surface area contributed by atoms with Crippen LogP contribution in [0.4, 0.5) is 0 Å². The van der Waals surface area contributed by atoms with Gasteiger partial charge in [-0.2, -0.15) is 0 Å². The van der Waals surface area contributed by atoms with Crippen molar-refractivity contribution in [3.8, 4) is 0 Å². The van der Waals surface area contributed by atoms with Crippen molar-refractivity contribution in [2.75, 3.05) is 13.2 Å². The highest BCUT2D eigenvalue weighted by Gasteiger charge is 2.21. The lowest BCUT2D eigenvalue weighted by Crippen LogP contribution is -2.35. The Hall–Kier alpha value is 0.1000. The smallest absolute Gasteiger partial charge is 0.0701 e. The van der Waals surface area contributed by atoms with Crippen LogP contribution in [0.15, 0.2) is 15.9 Å². The van der Waals surface area contributed by atoms with Crippen LogP contribution in [0.3, 0.4) is 0 Å². The molecule has 1 fully saturated rings. The number of rotatable bonds is 3. The summed E-state index contributed by atoms with van der Waals surface area (Å²) in [5.74, 6) is 0.639. The second-order valence-corrected chi connectivity index (χ2v) is 6.57. The summed E-state index contributed by atoms with van der Waals surface area (Å²) in [4.78, 5) is 1.38. The van der Waals surface area contributed by atoms with E-state index in [9.17, 15) is 0 Å². The second-order valence-electron chi connectivity index (χ2n) is 4.02. The molecule has 4 heteroatoms. The molecule has 0 amide bonds. The summed E-state index contributed by atoms with van der Waals surface area (Å²) in [6.07, 6.45) is 3.24. The van der Waals surface area contributed by atoms with Gasteiger partial charge in [-0.3, -0.25) is 0 Å². The number of halogens is 1. The van der Waals surface area contributed by atoms with Crippen molar-refractivity contribution in [2.45, 2.75) is 25.3 Å². The lowest BCUT2D eigenvalue weighted by atomic mass is 9.90. The van der Waals surface area contributed by atoms with E-state index >= 15 is 0 Å². The quantitative estimate of drug-likeness (QED) is 0.929. The van der Waals surface area contributed by atoms with Crippen molar-refractivity contribution >= 4 is 27.3 Å². The first-order valence-corrected chi connectivity index (χ1v) is 6.94. The molecular weight excluding hydrogens is 274 g/mol. The minimum absolute atomic E-state index is 0.291.